The smallest absolute Gasteiger partial charge is 0.293 e. The fourth-order valence-corrected chi connectivity index (χ4v) is 3.17. The molecule has 7 nitrogen and oxygen atoms in total. The SMILES string of the molecule is O=C1S/C(=C\c2ccc([N+](=O)[O-])cc2)C(=O)N1CCOc1ccccc1. The maximum absolute atomic E-state index is 12.4. The van der Waals surface area contributed by atoms with E-state index >= 15 is 0 Å². The first-order valence-corrected chi connectivity index (χ1v) is 8.54. The Morgan fingerprint density at radius 1 is 1.08 bits per heavy atom. The number of carbonyl (C=O) groups excluding carboxylic acids is 2. The first-order chi connectivity index (χ1) is 12.5. The fourth-order valence-electron chi connectivity index (χ4n) is 2.31. The van der Waals surface area contributed by atoms with Crippen molar-refractivity contribution < 1.29 is 19.2 Å². The van der Waals surface area contributed by atoms with Gasteiger partial charge >= 0.3 is 0 Å². The Morgan fingerprint density at radius 3 is 2.42 bits per heavy atom. The lowest BCUT2D eigenvalue weighted by Crippen LogP contribution is -2.32. The summed E-state index contributed by atoms with van der Waals surface area (Å²) in [4.78, 5) is 36.0. The number of imide groups is 1. The molecule has 0 unspecified atom stereocenters. The molecule has 2 aromatic rings. The molecule has 1 aliphatic rings. The summed E-state index contributed by atoms with van der Waals surface area (Å²) in [5.74, 6) is 0.274. The molecule has 26 heavy (non-hydrogen) atoms. The van der Waals surface area contributed by atoms with E-state index in [9.17, 15) is 19.7 Å². The average molecular weight is 370 g/mol. The highest BCUT2D eigenvalue weighted by molar-refractivity contribution is 8.18. The number of carbonyl (C=O) groups is 2. The molecular formula is C18H14N2O5S. The quantitative estimate of drug-likeness (QED) is 0.437. The molecule has 2 aromatic carbocycles. The summed E-state index contributed by atoms with van der Waals surface area (Å²) in [6.07, 6.45) is 1.55. The number of nitro groups is 1. The minimum Gasteiger partial charge on any atom is -0.492 e. The van der Waals surface area contributed by atoms with Gasteiger partial charge in [-0.15, -0.1) is 0 Å². The summed E-state index contributed by atoms with van der Waals surface area (Å²) in [6.45, 7) is 0.351. The number of thioether (sulfide) groups is 1. The monoisotopic (exact) mass is 370 g/mol. The van der Waals surface area contributed by atoms with E-state index < -0.39 is 10.8 Å². The predicted octanol–water partition coefficient (Wildman–Crippen LogP) is 3.71. The summed E-state index contributed by atoms with van der Waals surface area (Å²) in [6, 6.07) is 14.9. The average Bonchev–Trinajstić information content (AvgIpc) is 2.90. The molecule has 0 radical (unpaired) electrons. The van der Waals surface area contributed by atoms with Crippen LogP contribution in [-0.4, -0.2) is 34.1 Å². The third kappa shape index (κ3) is 4.09. The van der Waals surface area contributed by atoms with Gasteiger partial charge in [0.1, 0.15) is 12.4 Å². The van der Waals surface area contributed by atoms with Gasteiger partial charge < -0.3 is 4.74 Å². The number of ether oxygens (including phenoxy) is 1. The van der Waals surface area contributed by atoms with Gasteiger partial charge in [-0.1, -0.05) is 18.2 Å². The first-order valence-electron chi connectivity index (χ1n) is 7.72. The van der Waals surface area contributed by atoms with Crippen LogP contribution in [-0.2, 0) is 4.79 Å². The zero-order chi connectivity index (χ0) is 18.5. The van der Waals surface area contributed by atoms with Crippen molar-refractivity contribution in [1.29, 1.82) is 0 Å². The number of benzene rings is 2. The van der Waals surface area contributed by atoms with E-state index in [1.165, 1.54) is 24.3 Å². The number of non-ortho nitro benzene ring substituents is 1. The van der Waals surface area contributed by atoms with Gasteiger partial charge in [0.25, 0.3) is 16.8 Å². The molecule has 0 aliphatic carbocycles. The van der Waals surface area contributed by atoms with Crippen molar-refractivity contribution in [3.05, 3.63) is 75.2 Å². The zero-order valence-electron chi connectivity index (χ0n) is 13.5. The molecule has 1 saturated heterocycles. The van der Waals surface area contributed by atoms with Crippen LogP contribution in [0.3, 0.4) is 0 Å². The number of para-hydroxylation sites is 1. The Kier molecular flexibility index (Phi) is 5.33. The predicted molar refractivity (Wildman–Crippen MR) is 97.7 cm³/mol. The Bertz CT molecular complexity index is 865. The molecule has 0 aromatic heterocycles. The standard InChI is InChI=1S/C18H14N2O5S/c21-17-16(12-13-6-8-14(9-7-13)20(23)24)26-18(22)19(17)10-11-25-15-4-2-1-3-5-15/h1-9,12H,10-11H2/b16-12-. The van der Waals surface area contributed by atoms with Crippen LogP contribution in [0.2, 0.25) is 0 Å². The van der Waals surface area contributed by atoms with Crippen LogP contribution in [0, 0.1) is 10.1 Å². The summed E-state index contributed by atoms with van der Waals surface area (Å²) >= 11 is 0.842. The Hall–Kier alpha value is -3.13. The van der Waals surface area contributed by atoms with Crippen LogP contribution in [0.15, 0.2) is 59.5 Å². The van der Waals surface area contributed by atoms with Crippen molar-refractivity contribution >= 4 is 34.7 Å². The van der Waals surface area contributed by atoms with Crippen LogP contribution in [0.25, 0.3) is 6.08 Å². The van der Waals surface area contributed by atoms with Crippen molar-refractivity contribution in [3.63, 3.8) is 0 Å². The molecule has 8 heteroatoms. The second-order valence-electron chi connectivity index (χ2n) is 5.34. The minimum atomic E-state index is -0.496. The maximum atomic E-state index is 12.4. The normalized spacial score (nSPS) is 15.5. The van der Waals surface area contributed by atoms with E-state index in [1.807, 2.05) is 18.2 Å². The highest BCUT2D eigenvalue weighted by Crippen LogP contribution is 2.32. The molecule has 0 saturated carbocycles. The van der Waals surface area contributed by atoms with Crippen molar-refractivity contribution in [2.45, 2.75) is 0 Å². The topological polar surface area (TPSA) is 89.8 Å². The van der Waals surface area contributed by atoms with Gasteiger partial charge in [-0.3, -0.25) is 24.6 Å². The first kappa shape index (κ1) is 17.7. The van der Waals surface area contributed by atoms with E-state index in [1.54, 1.807) is 18.2 Å². The van der Waals surface area contributed by atoms with Crippen molar-refractivity contribution in [1.82, 2.24) is 4.90 Å². The lowest BCUT2D eigenvalue weighted by atomic mass is 10.2. The summed E-state index contributed by atoms with van der Waals surface area (Å²) < 4.78 is 5.52. The lowest BCUT2D eigenvalue weighted by molar-refractivity contribution is -0.384. The van der Waals surface area contributed by atoms with E-state index in [4.69, 9.17) is 4.74 Å². The molecule has 132 valence electrons. The Labute approximate surface area is 153 Å². The third-order valence-corrected chi connectivity index (χ3v) is 4.51. The molecule has 0 spiro atoms. The van der Waals surface area contributed by atoms with Gasteiger partial charge in [0.15, 0.2) is 0 Å². The molecule has 0 atom stereocenters. The van der Waals surface area contributed by atoms with Gasteiger partial charge in [0.05, 0.1) is 16.4 Å². The van der Waals surface area contributed by atoms with Gasteiger partial charge in [-0.25, -0.2) is 0 Å². The molecule has 3 rings (SSSR count). The minimum absolute atomic E-state index is 0.0340. The van der Waals surface area contributed by atoms with E-state index in [0.717, 1.165) is 16.7 Å². The van der Waals surface area contributed by atoms with Crippen molar-refractivity contribution in [2.75, 3.05) is 13.2 Å². The van der Waals surface area contributed by atoms with E-state index in [-0.39, 0.29) is 29.0 Å². The second-order valence-corrected chi connectivity index (χ2v) is 6.34. The zero-order valence-corrected chi connectivity index (χ0v) is 14.3. The molecule has 0 N–H and O–H groups in total. The fraction of sp³-hybridized carbons (Fsp3) is 0.111. The third-order valence-electron chi connectivity index (χ3n) is 3.60. The highest BCUT2D eigenvalue weighted by Gasteiger charge is 2.34. The number of hydrogen-bond donors (Lipinski definition) is 0. The number of hydrogen-bond acceptors (Lipinski definition) is 6. The van der Waals surface area contributed by atoms with Gasteiger partial charge in [-0.2, -0.15) is 0 Å². The molecule has 1 fully saturated rings. The van der Waals surface area contributed by atoms with Crippen LogP contribution in [0.1, 0.15) is 5.56 Å². The van der Waals surface area contributed by atoms with Gasteiger partial charge in [-0.05, 0) is 47.7 Å². The second kappa shape index (κ2) is 7.83. The van der Waals surface area contributed by atoms with Gasteiger partial charge in [0.2, 0.25) is 0 Å². The highest BCUT2D eigenvalue weighted by atomic mass is 32.2. The number of rotatable bonds is 6. The number of nitro benzene ring substituents is 1. The van der Waals surface area contributed by atoms with Crippen molar-refractivity contribution in [2.24, 2.45) is 0 Å². The van der Waals surface area contributed by atoms with Crippen LogP contribution < -0.4 is 4.74 Å². The molecular weight excluding hydrogens is 356 g/mol. The molecule has 1 heterocycles. The summed E-state index contributed by atoms with van der Waals surface area (Å²) in [5.41, 5.74) is 0.579. The maximum Gasteiger partial charge on any atom is 0.293 e. The lowest BCUT2D eigenvalue weighted by Gasteiger charge is -2.13. The van der Waals surface area contributed by atoms with Crippen LogP contribution in [0.5, 0.6) is 5.75 Å². The van der Waals surface area contributed by atoms with Crippen LogP contribution in [0.4, 0.5) is 10.5 Å². The largest absolute Gasteiger partial charge is 0.492 e. The van der Waals surface area contributed by atoms with Gasteiger partial charge in [0, 0.05) is 12.1 Å². The number of amides is 2. The van der Waals surface area contributed by atoms with E-state index in [2.05, 4.69) is 0 Å². The molecule has 0 bridgehead atoms. The van der Waals surface area contributed by atoms with E-state index in [0.29, 0.717) is 11.3 Å². The van der Waals surface area contributed by atoms with Crippen LogP contribution >= 0.6 is 11.8 Å². The number of nitrogens with zero attached hydrogens (tertiary/aromatic N) is 2. The molecule has 1 aliphatic heterocycles. The summed E-state index contributed by atoms with van der Waals surface area (Å²) in [7, 11) is 0. The Morgan fingerprint density at radius 2 is 1.77 bits per heavy atom. The summed E-state index contributed by atoms with van der Waals surface area (Å²) in [5, 5.41) is 10.3. The van der Waals surface area contributed by atoms with Crippen molar-refractivity contribution in [3.8, 4) is 5.75 Å². The molecule has 2 amide bonds. The Balaban J connectivity index is 1.63.